The van der Waals surface area contributed by atoms with Crippen molar-refractivity contribution in [1.29, 1.82) is 0 Å². The number of nitrogens with zero attached hydrogens (tertiary/aromatic N) is 4. The third-order valence-electron chi connectivity index (χ3n) is 6.05. The molecule has 1 aliphatic carbocycles. The molecule has 2 fully saturated rings. The number of halogens is 1. The number of hydrogen-bond acceptors (Lipinski definition) is 4. The van der Waals surface area contributed by atoms with Crippen molar-refractivity contribution in [3.63, 3.8) is 0 Å². The SMILES string of the molecule is CC(C)c1cc(C(=O)N(Cc2nccn2C)C2CC23CCNCC3)n[nH]1.Cl. The van der Waals surface area contributed by atoms with Crippen molar-refractivity contribution in [2.75, 3.05) is 13.1 Å². The van der Waals surface area contributed by atoms with Gasteiger partial charge in [0.2, 0.25) is 0 Å². The lowest BCUT2D eigenvalue weighted by Crippen LogP contribution is -2.39. The van der Waals surface area contributed by atoms with Gasteiger partial charge in [-0.3, -0.25) is 9.89 Å². The zero-order valence-electron chi connectivity index (χ0n) is 16.2. The van der Waals surface area contributed by atoms with Crippen LogP contribution in [0.5, 0.6) is 0 Å². The van der Waals surface area contributed by atoms with Crippen molar-refractivity contribution < 1.29 is 4.79 Å². The van der Waals surface area contributed by atoms with Crippen LogP contribution in [0, 0.1) is 5.41 Å². The Hall–Kier alpha value is -1.86. The van der Waals surface area contributed by atoms with Crippen molar-refractivity contribution in [2.24, 2.45) is 12.5 Å². The second kappa shape index (κ2) is 7.64. The second-order valence-corrected chi connectivity index (χ2v) is 8.08. The van der Waals surface area contributed by atoms with Crippen LogP contribution < -0.4 is 5.32 Å². The predicted molar refractivity (Wildman–Crippen MR) is 106 cm³/mol. The summed E-state index contributed by atoms with van der Waals surface area (Å²) in [5.41, 5.74) is 1.79. The standard InChI is InChI=1S/C19H28N6O.ClH/c1-13(2)14-10-15(23-22-14)18(26)25(12-17-21-8-9-24(17)3)16-11-19(16)4-6-20-7-5-19;/h8-10,13,16,20H,4-7,11-12H2,1-3H3,(H,22,23);1H. The molecule has 3 heterocycles. The van der Waals surface area contributed by atoms with E-state index in [9.17, 15) is 4.79 Å². The van der Waals surface area contributed by atoms with E-state index in [1.165, 1.54) is 0 Å². The molecule has 2 aliphatic rings. The molecule has 2 aromatic rings. The van der Waals surface area contributed by atoms with Crippen molar-refractivity contribution in [3.05, 3.63) is 35.7 Å². The molecule has 1 spiro atoms. The molecule has 2 aromatic heterocycles. The monoisotopic (exact) mass is 392 g/mol. The van der Waals surface area contributed by atoms with E-state index < -0.39 is 0 Å². The number of aromatic nitrogens is 4. The lowest BCUT2D eigenvalue weighted by molar-refractivity contribution is 0.0679. The zero-order chi connectivity index (χ0) is 18.3. The Morgan fingerprint density at radius 2 is 2.15 bits per heavy atom. The van der Waals surface area contributed by atoms with Gasteiger partial charge in [0, 0.05) is 31.2 Å². The minimum Gasteiger partial charge on any atom is -0.337 e. The lowest BCUT2D eigenvalue weighted by atomic mass is 9.93. The van der Waals surface area contributed by atoms with E-state index in [2.05, 4.69) is 34.3 Å². The van der Waals surface area contributed by atoms with Gasteiger partial charge in [-0.25, -0.2) is 4.98 Å². The van der Waals surface area contributed by atoms with E-state index >= 15 is 0 Å². The fourth-order valence-electron chi connectivity index (χ4n) is 4.14. The Balaban J connectivity index is 0.00000210. The quantitative estimate of drug-likeness (QED) is 0.819. The number of amides is 1. The number of piperidine rings is 1. The molecule has 0 radical (unpaired) electrons. The summed E-state index contributed by atoms with van der Waals surface area (Å²) in [5, 5.41) is 10.7. The molecule has 7 nitrogen and oxygen atoms in total. The summed E-state index contributed by atoms with van der Waals surface area (Å²) < 4.78 is 1.99. The number of H-pyrrole nitrogens is 1. The van der Waals surface area contributed by atoms with E-state index in [1.54, 1.807) is 6.20 Å². The molecule has 1 saturated carbocycles. The van der Waals surface area contributed by atoms with Crippen LogP contribution in [0.4, 0.5) is 0 Å². The molecule has 0 aromatic carbocycles. The maximum Gasteiger partial charge on any atom is 0.275 e. The molecule has 1 atom stereocenters. The Bertz CT molecular complexity index is 792. The van der Waals surface area contributed by atoms with Gasteiger partial charge in [0.25, 0.3) is 5.91 Å². The Morgan fingerprint density at radius 1 is 1.41 bits per heavy atom. The maximum atomic E-state index is 13.3. The van der Waals surface area contributed by atoms with Gasteiger partial charge in [-0.1, -0.05) is 13.8 Å². The maximum absolute atomic E-state index is 13.3. The molecule has 27 heavy (non-hydrogen) atoms. The normalized spacial score (nSPS) is 20.5. The number of rotatable bonds is 5. The van der Waals surface area contributed by atoms with Crippen molar-refractivity contribution in [1.82, 2.24) is 30.0 Å². The van der Waals surface area contributed by atoms with Gasteiger partial charge in [0.05, 0.1) is 6.54 Å². The van der Waals surface area contributed by atoms with Crippen molar-refractivity contribution in [3.8, 4) is 0 Å². The molecular weight excluding hydrogens is 364 g/mol. The van der Waals surface area contributed by atoms with E-state index in [0.717, 1.165) is 43.9 Å². The predicted octanol–water partition coefficient (Wildman–Crippen LogP) is 2.47. The summed E-state index contributed by atoms with van der Waals surface area (Å²) in [5.74, 6) is 1.24. The van der Waals surface area contributed by atoms with Gasteiger partial charge in [-0.2, -0.15) is 5.10 Å². The summed E-state index contributed by atoms with van der Waals surface area (Å²) in [7, 11) is 1.98. The largest absolute Gasteiger partial charge is 0.337 e. The van der Waals surface area contributed by atoms with Crippen LogP contribution in [-0.2, 0) is 13.6 Å². The summed E-state index contributed by atoms with van der Waals surface area (Å²) >= 11 is 0. The summed E-state index contributed by atoms with van der Waals surface area (Å²) in [6.45, 7) is 6.81. The van der Waals surface area contributed by atoms with Crippen molar-refractivity contribution in [2.45, 2.75) is 51.6 Å². The minimum absolute atomic E-state index is 0. The van der Waals surface area contributed by atoms with Crippen LogP contribution in [0.3, 0.4) is 0 Å². The fourth-order valence-corrected chi connectivity index (χ4v) is 4.14. The van der Waals surface area contributed by atoms with E-state index in [4.69, 9.17) is 0 Å². The first-order valence-corrected chi connectivity index (χ1v) is 9.53. The first kappa shape index (κ1) is 19.9. The first-order chi connectivity index (χ1) is 12.5. The van der Waals surface area contributed by atoms with Gasteiger partial charge in [0.1, 0.15) is 11.5 Å². The van der Waals surface area contributed by atoms with Gasteiger partial charge < -0.3 is 14.8 Å². The number of carbonyl (C=O) groups excluding carboxylic acids is 1. The van der Waals surface area contributed by atoms with Crippen LogP contribution >= 0.6 is 12.4 Å². The molecule has 1 unspecified atom stereocenters. The van der Waals surface area contributed by atoms with Crippen LogP contribution in [0.1, 0.15) is 61.0 Å². The molecule has 148 valence electrons. The van der Waals surface area contributed by atoms with Gasteiger partial charge >= 0.3 is 0 Å². The van der Waals surface area contributed by atoms with Crippen LogP contribution in [0.15, 0.2) is 18.5 Å². The highest BCUT2D eigenvalue weighted by Crippen LogP contribution is 2.56. The van der Waals surface area contributed by atoms with Gasteiger partial charge in [-0.05, 0) is 49.8 Å². The molecular formula is C19H29ClN6O. The number of carbonyl (C=O) groups is 1. The second-order valence-electron chi connectivity index (χ2n) is 8.08. The molecule has 1 saturated heterocycles. The highest BCUT2D eigenvalue weighted by Gasteiger charge is 2.58. The van der Waals surface area contributed by atoms with Crippen LogP contribution in [0.2, 0.25) is 0 Å². The average Bonchev–Trinajstić information content (AvgIpc) is 3.01. The highest BCUT2D eigenvalue weighted by atomic mass is 35.5. The third kappa shape index (κ3) is 3.75. The molecule has 2 N–H and O–H groups in total. The number of aryl methyl sites for hydroxylation is 1. The van der Waals surface area contributed by atoms with Gasteiger partial charge in [-0.15, -0.1) is 12.4 Å². The van der Waals surface area contributed by atoms with Crippen LogP contribution in [0.25, 0.3) is 0 Å². The lowest BCUT2D eigenvalue weighted by Gasteiger charge is -2.29. The molecule has 8 heteroatoms. The fraction of sp³-hybridized carbons (Fsp3) is 0.632. The number of imidazole rings is 1. The number of aromatic amines is 1. The third-order valence-corrected chi connectivity index (χ3v) is 6.05. The summed E-state index contributed by atoms with van der Waals surface area (Å²) in [6, 6.07) is 2.18. The molecule has 1 amide bonds. The minimum atomic E-state index is 0. The van der Waals surface area contributed by atoms with E-state index in [-0.39, 0.29) is 29.8 Å². The first-order valence-electron chi connectivity index (χ1n) is 9.53. The Labute approximate surface area is 166 Å². The molecule has 0 bridgehead atoms. The van der Waals surface area contributed by atoms with Gasteiger partial charge in [0.15, 0.2) is 0 Å². The van der Waals surface area contributed by atoms with E-state index in [1.807, 2.05) is 28.8 Å². The van der Waals surface area contributed by atoms with E-state index in [0.29, 0.717) is 18.2 Å². The summed E-state index contributed by atoms with van der Waals surface area (Å²) in [4.78, 5) is 19.8. The number of hydrogen-bond donors (Lipinski definition) is 2. The topological polar surface area (TPSA) is 78.8 Å². The number of nitrogens with one attached hydrogen (secondary N) is 2. The Morgan fingerprint density at radius 3 is 2.74 bits per heavy atom. The highest BCUT2D eigenvalue weighted by molar-refractivity contribution is 5.93. The average molecular weight is 393 g/mol. The smallest absolute Gasteiger partial charge is 0.275 e. The zero-order valence-corrected chi connectivity index (χ0v) is 17.1. The molecule has 1 aliphatic heterocycles. The summed E-state index contributed by atoms with van der Waals surface area (Å²) in [6.07, 6.45) is 7.08. The Kier molecular flexibility index (Phi) is 5.63. The van der Waals surface area contributed by atoms with Crippen molar-refractivity contribution >= 4 is 18.3 Å². The van der Waals surface area contributed by atoms with Crippen LogP contribution in [-0.4, -0.2) is 49.7 Å². The molecule has 4 rings (SSSR count).